The number of anilines is 1. The molecule has 0 aliphatic carbocycles. The average Bonchev–Trinajstić information content (AvgIpc) is 2.24. The van der Waals surface area contributed by atoms with Crippen LogP contribution in [-0.4, -0.2) is 13.1 Å². The molecule has 0 aromatic heterocycles. The van der Waals surface area contributed by atoms with Gasteiger partial charge in [-0.05, 0) is 6.07 Å². The van der Waals surface area contributed by atoms with Crippen LogP contribution in [0.4, 0.5) is 10.1 Å². The summed E-state index contributed by atoms with van der Waals surface area (Å²) in [4.78, 5) is 10.8. The van der Waals surface area contributed by atoms with E-state index in [9.17, 15) is 9.18 Å². The number of methoxy groups -OCH3 is 1. The summed E-state index contributed by atoms with van der Waals surface area (Å²) in [7, 11) is 1.31. The Bertz CT molecular complexity index is 388. The van der Waals surface area contributed by atoms with Crippen molar-refractivity contribution in [1.82, 2.24) is 0 Å². The molecule has 0 saturated heterocycles. The number of carbonyl (C=O) groups excluding carboxylic acids is 1. The monoisotopic (exact) mass is 209 g/mol. The summed E-state index contributed by atoms with van der Waals surface area (Å²) in [6.45, 7) is 0. The Hall–Kier alpha value is -1.84. The van der Waals surface area contributed by atoms with E-state index in [2.05, 4.69) is 4.74 Å². The Labute approximate surface area is 87.3 Å². The predicted molar refractivity (Wildman–Crippen MR) is 56.5 cm³/mol. The molecule has 0 bridgehead atoms. The molecule has 0 aliphatic rings. The number of rotatable bonds is 3. The SMILES string of the molecule is COC(=O)CC=Cc1cccc(F)c1N. The van der Waals surface area contributed by atoms with E-state index in [0.29, 0.717) is 5.56 Å². The third-order valence-corrected chi connectivity index (χ3v) is 1.90. The van der Waals surface area contributed by atoms with Gasteiger partial charge in [0.25, 0.3) is 0 Å². The van der Waals surface area contributed by atoms with Crippen molar-refractivity contribution in [3.05, 3.63) is 35.7 Å². The van der Waals surface area contributed by atoms with E-state index in [4.69, 9.17) is 5.73 Å². The van der Waals surface area contributed by atoms with E-state index in [0.717, 1.165) is 0 Å². The van der Waals surface area contributed by atoms with Crippen molar-refractivity contribution in [2.75, 3.05) is 12.8 Å². The first kappa shape index (κ1) is 11.2. The highest BCUT2D eigenvalue weighted by Crippen LogP contribution is 2.17. The molecule has 0 spiro atoms. The van der Waals surface area contributed by atoms with Crippen molar-refractivity contribution >= 4 is 17.7 Å². The number of carbonyl (C=O) groups is 1. The lowest BCUT2D eigenvalue weighted by Crippen LogP contribution is -1.97. The number of nitrogen functional groups attached to an aromatic ring is 1. The molecule has 0 heterocycles. The fourth-order valence-corrected chi connectivity index (χ4v) is 1.06. The van der Waals surface area contributed by atoms with Gasteiger partial charge < -0.3 is 10.5 Å². The zero-order valence-corrected chi connectivity index (χ0v) is 8.37. The number of hydrogen-bond acceptors (Lipinski definition) is 3. The smallest absolute Gasteiger partial charge is 0.309 e. The molecule has 0 saturated carbocycles. The number of ether oxygens (including phenoxy) is 1. The molecule has 4 heteroatoms. The minimum atomic E-state index is -0.463. The Morgan fingerprint density at radius 2 is 2.33 bits per heavy atom. The van der Waals surface area contributed by atoms with E-state index < -0.39 is 5.82 Å². The van der Waals surface area contributed by atoms with Gasteiger partial charge in [-0.25, -0.2) is 4.39 Å². The number of benzene rings is 1. The van der Waals surface area contributed by atoms with Crippen LogP contribution in [-0.2, 0) is 9.53 Å². The second kappa shape index (κ2) is 5.14. The van der Waals surface area contributed by atoms with Gasteiger partial charge >= 0.3 is 5.97 Å². The fraction of sp³-hybridized carbons (Fsp3) is 0.182. The Morgan fingerprint density at radius 3 is 3.00 bits per heavy atom. The standard InChI is InChI=1S/C11H12FNO2/c1-15-10(14)7-3-5-8-4-2-6-9(12)11(8)13/h2-6H,7,13H2,1H3. The first-order chi connectivity index (χ1) is 7.15. The van der Waals surface area contributed by atoms with Crippen LogP contribution in [0.25, 0.3) is 6.08 Å². The highest BCUT2D eigenvalue weighted by Gasteiger charge is 2.01. The second-order valence-corrected chi connectivity index (χ2v) is 2.93. The molecule has 80 valence electrons. The van der Waals surface area contributed by atoms with Gasteiger partial charge in [0.1, 0.15) is 5.82 Å². The van der Waals surface area contributed by atoms with E-state index in [1.807, 2.05) is 0 Å². The largest absolute Gasteiger partial charge is 0.469 e. The summed E-state index contributed by atoms with van der Waals surface area (Å²) in [5, 5.41) is 0. The second-order valence-electron chi connectivity index (χ2n) is 2.93. The first-order valence-corrected chi connectivity index (χ1v) is 4.42. The van der Waals surface area contributed by atoms with Crippen LogP contribution >= 0.6 is 0 Å². The third kappa shape index (κ3) is 3.09. The molecule has 0 atom stereocenters. The van der Waals surface area contributed by atoms with Crippen molar-refractivity contribution in [1.29, 1.82) is 0 Å². The van der Waals surface area contributed by atoms with Crippen LogP contribution in [0.5, 0.6) is 0 Å². The molecular weight excluding hydrogens is 197 g/mol. The molecule has 0 aliphatic heterocycles. The number of esters is 1. The van der Waals surface area contributed by atoms with E-state index in [-0.39, 0.29) is 18.1 Å². The van der Waals surface area contributed by atoms with Gasteiger partial charge in [-0.3, -0.25) is 4.79 Å². The van der Waals surface area contributed by atoms with Gasteiger partial charge in [-0.15, -0.1) is 0 Å². The van der Waals surface area contributed by atoms with Gasteiger partial charge in [-0.2, -0.15) is 0 Å². The van der Waals surface area contributed by atoms with Crippen molar-refractivity contribution in [3.63, 3.8) is 0 Å². The Kier molecular flexibility index (Phi) is 3.85. The summed E-state index contributed by atoms with van der Waals surface area (Å²) in [6, 6.07) is 4.52. The van der Waals surface area contributed by atoms with Crippen LogP contribution in [0, 0.1) is 5.82 Å². The zero-order chi connectivity index (χ0) is 11.3. The molecular formula is C11H12FNO2. The molecule has 1 aromatic rings. The van der Waals surface area contributed by atoms with Crippen molar-refractivity contribution in [2.24, 2.45) is 0 Å². The van der Waals surface area contributed by atoms with Crippen LogP contribution < -0.4 is 5.73 Å². The Balaban J connectivity index is 2.72. The summed E-state index contributed by atoms with van der Waals surface area (Å²) in [6.07, 6.45) is 3.32. The number of halogens is 1. The van der Waals surface area contributed by atoms with Crippen molar-refractivity contribution < 1.29 is 13.9 Å². The van der Waals surface area contributed by atoms with E-state index in [1.165, 1.54) is 13.2 Å². The maximum Gasteiger partial charge on any atom is 0.309 e. The van der Waals surface area contributed by atoms with Gasteiger partial charge in [-0.1, -0.05) is 24.3 Å². The molecule has 0 amide bonds. The lowest BCUT2D eigenvalue weighted by Gasteiger charge is -2.00. The third-order valence-electron chi connectivity index (χ3n) is 1.90. The van der Waals surface area contributed by atoms with Crippen LogP contribution in [0.3, 0.4) is 0 Å². The van der Waals surface area contributed by atoms with Crippen molar-refractivity contribution in [3.8, 4) is 0 Å². The highest BCUT2D eigenvalue weighted by molar-refractivity contribution is 5.73. The Morgan fingerprint density at radius 1 is 1.60 bits per heavy atom. The molecule has 3 nitrogen and oxygen atoms in total. The lowest BCUT2D eigenvalue weighted by atomic mass is 10.1. The average molecular weight is 209 g/mol. The van der Waals surface area contributed by atoms with Crippen molar-refractivity contribution in [2.45, 2.75) is 6.42 Å². The molecule has 15 heavy (non-hydrogen) atoms. The number of nitrogens with two attached hydrogens (primary N) is 1. The molecule has 2 N–H and O–H groups in total. The summed E-state index contributed by atoms with van der Waals surface area (Å²) in [5.74, 6) is -0.809. The zero-order valence-electron chi connectivity index (χ0n) is 8.37. The van der Waals surface area contributed by atoms with Crippen LogP contribution in [0.15, 0.2) is 24.3 Å². The molecule has 0 unspecified atom stereocenters. The fourth-order valence-electron chi connectivity index (χ4n) is 1.06. The molecule has 0 fully saturated rings. The summed E-state index contributed by atoms with van der Waals surface area (Å²) >= 11 is 0. The number of para-hydroxylation sites is 1. The van der Waals surface area contributed by atoms with Gasteiger partial charge in [0.15, 0.2) is 0 Å². The highest BCUT2D eigenvalue weighted by atomic mass is 19.1. The minimum Gasteiger partial charge on any atom is -0.469 e. The topological polar surface area (TPSA) is 52.3 Å². The lowest BCUT2D eigenvalue weighted by molar-refractivity contribution is -0.139. The van der Waals surface area contributed by atoms with Gasteiger partial charge in [0.05, 0.1) is 19.2 Å². The maximum atomic E-state index is 13.0. The minimum absolute atomic E-state index is 0.0821. The van der Waals surface area contributed by atoms with E-state index in [1.54, 1.807) is 24.3 Å². The maximum absolute atomic E-state index is 13.0. The normalized spacial score (nSPS) is 10.5. The predicted octanol–water partition coefficient (Wildman–Crippen LogP) is 1.98. The molecule has 1 aromatic carbocycles. The molecule has 0 radical (unpaired) electrons. The quantitative estimate of drug-likeness (QED) is 0.611. The first-order valence-electron chi connectivity index (χ1n) is 4.42. The molecule has 1 rings (SSSR count). The van der Waals surface area contributed by atoms with E-state index >= 15 is 0 Å². The number of hydrogen-bond donors (Lipinski definition) is 1. The van der Waals surface area contributed by atoms with Gasteiger partial charge in [0.2, 0.25) is 0 Å². The van der Waals surface area contributed by atoms with Crippen LogP contribution in [0.2, 0.25) is 0 Å². The summed E-state index contributed by atoms with van der Waals surface area (Å²) in [5.41, 5.74) is 6.13. The van der Waals surface area contributed by atoms with Crippen LogP contribution in [0.1, 0.15) is 12.0 Å². The summed E-state index contributed by atoms with van der Waals surface area (Å²) < 4.78 is 17.4. The van der Waals surface area contributed by atoms with Gasteiger partial charge in [0, 0.05) is 5.56 Å².